The quantitative estimate of drug-likeness (QED) is 0.823. The van der Waals surface area contributed by atoms with Crippen LogP contribution in [-0.2, 0) is 13.0 Å². The molecule has 3 nitrogen and oxygen atoms in total. The number of halogens is 2. The summed E-state index contributed by atoms with van der Waals surface area (Å²) >= 11 is 9.58. The first-order valence-corrected chi connectivity index (χ1v) is 8.02. The second kappa shape index (κ2) is 7.78. The van der Waals surface area contributed by atoms with Gasteiger partial charge >= 0.3 is 0 Å². The average molecular weight is 370 g/mol. The predicted molar refractivity (Wildman–Crippen MR) is 89.7 cm³/mol. The minimum Gasteiger partial charge on any atom is -0.489 e. The molecule has 0 fully saturated rings. The molecule has 2 N–H and O–H groups in total. The van der Waals surface area contributed by atoms with Crippen LogP contribution in [0, 0.1) is 0 Å². The molecule has 5 heteroatoms. The maximum Gasteiger partial charge on any atom is 0.123 e. The Labute approximate surface area is 138 Å². The van der Waals surface area contributed by atoms with Gasteiger partial charge in [0.05, 0.1) is 5.02 Å². The van der Waals surface area contributed by atoms with E-state index in [1.165, 1.54) is 0 Å². The summed E-state index contributed by atoms with van der Waals surface area (Å²) in [5.41, 5.74) is 8.07. The number of hydrogen-bond donors (Lipinski definition) is 1. The first-order valence-electron chi connectivity index (χ1n) is 6.85. The summed E-state index contributed by atoms with van der Waals surface area (Å²) in [5, 5.41) is 0.612. The summed E-state index contributed by atoms with van der Waals surface area (Å²) in [6.45, 7) is 2.50. The van der Waals surface area contributed by atoms with Crippen LogP contribution in [-0.4, -0.2) is 11.0 Å². The van der Waals surface area contributed by atoms with Gasteiger partial charge in [-0.25, -0.2) is 0 Å². The minimum atomic E-state index is 0.131. The van der Waals surface area contributed by atoms with Crippen LogP contribution in [0.15, 0.2) is 41.1 Å². The van der Waals surface area contributed by atoms with Gasteiger partial charge in [-0.2, -0.15) is 0 Å². The van der Waals surface area contributed by atoms with E-state index in [0.717, 1.165) is 34.2 Å². The first kappa shape index (κ1) is 16.3. The number of nitrogens with zero attached hydrogens (tertiary/aromatic N) is 1. The second-order valence-electron chi connectivity index (χ2n) is 4.88. The first-order chi connectivity index (χ1) is 10.1. The van der Waals surface area contributed by atoms with Gasteiger partial charge in [0, 0.05) is 28.5 Å². The molecule has 0 saturated heterocycles. The molecule has 2 rings (SSSR count). The summed E-state index contributed by atoms with van der Waals surface area (Å²) in [6.07, 6.45) is 5.05. The SMILES string of the molecule is CCC(N)Cc1cc(Br)ccc1OCc1ccncc1Cl. The van der Waals surface area contributed by atoms with Crippen molar-refractivity contribution in [1.29, 1.82) is 0 Å². The van der Waals surface area contributed by atoms with E-state index in [1.807, 2.05) is 18.2 Å². The summed E-state index contributed by atoms with van der Waals surface area (Å²) in [6, 6.07) is 7.96. The standard InChI is InChI=1S/C16H18BrClN2O/c1-2-14(19)8-12-7-13(17)3-4-16(12)21-10-11-5-6-20-9-15(11)18/h3-7,9,14H,2,8,10,19H2,1H3. The van der Waals surface area contributed by atoms with Crippen molar-refractivity contribution in [3.05, 3.63) is 57.3 Å². The maximum atomic E-state index is 6.09. The summed E-state index contributed by atoms with van der Waals surface area (Å²) < 4.78 is 6.94. The van der Waals surface area contributed by atoms with Crippen LogP contribution in [0.3, 0.4) is 0 Å². The lowest BCUT2D eigenvalue weighted by molar-refractivity contribution is 0.302. The molecule has 1 aromatic carbocycles. The molecule has 21 heavy (non-hydrogen) atoms. The van der Waals surface area contributed by atoms with Crippen molar-refractivity contribution in [2.24, 2.45) is 5.73 Å². The van der Waals surface area contributed by atoms with Gasteiger partial charge in [-0.15, -0.1) is 0 Å². The third-order valence-corrected chi connectivity index (χ3v) is 4.10. The maximum absolute atomic E-state index is 6.09. The van der Waals surface area contributed by atoms with E-state index in [-0.39, 0.29) is 6.04 Å². The van der Waals surface area contributed by atoms with Gasteiger partial charge in [0.1, 0.15) is 12.4 Å². The lowest BCUT2D eigenvalue weighted by Crippen LogP contribution is -2.21. The Kier molecular flexibility index (Phi) is 6.03. The van der Waals surface area contributed by atoms with Crippen LogP contribution in [0.4, 0.5) is 0 Å². The van der Waals surface area contributed by atoms with E-state index in [0.29, 0.717) is 11.6 Å². The Morgan fingerprint density at radius 3 is 2.86 bits per heavy atom. The zero-order valence-corrected chi connectivity index (χ0v) is 14.2. The number of benzene rings is 1. The number of pyridine rings is 1. The Morgan fingerprint density at radius 2 is 2.14 bits per heavy atom. The van der Waals surface area contributed by atoms with Crippen LogP contribution in [0.5, 0.6) is 5.75 Å². The highest BCUT2D eigenvalue weighted by molar-refractivity contribution is 9.10. The fourth-order valence-electron chi connectivity index (χ4n) is 1.95. The van der Waals surface area contributed by atoms with Crippen LogP contribution >= 0.6 is 27.5 Å². The van der Waals surface area contributed by atoms with Gasteiger partial charge in [-0.1, -0.05) is 34.5 Å². The molecule has 1 heterocycles. The van der Waals surface area contributed by atoms with Crippen molar-refractivity contribution in [3.63, 3.8) is 0 Å². The van der Waals surface area contributed by atoms with Crippen molar-refractivity contribution in [2.45, 2.75) is 32.4 Å². The Hall–Kier alpha value is -1.10. The molecule has 0 spiro atoms. The second-order valence-corrected chi connectivity index (χ2v) is 6.20. The number of nitrogens with two attached hydrogens (primary N) is 1. The molecule has 0 saturated carbocycles. The number of aromatic nitrogens is 1. The molecule has 0 aliphatic carbocycles. The van der Waals surface area contributed by atoms with E-state index in [4.69, 9.17) is 22.1 Å². The average Bonchev–Trinajstić information content (AvgIpc) is 2.48. The highest BCUT2D eigenvalue weighted by atomic mass is 79.9. The van der Waals surface area contributed by atoms with Crippen LogP contribution in [0.1, 0.15) is 24.5 Å². The van der Waals surface area contributed by atoms with Gasteiger partial charge in [-0.3, -0.25) is 4.98 Å². The highest BCUT2D eigenvalue weighted by Crippen LogP contribution is 2.26. The molecule has 0 radical (unpaired) electrons. The number of rotatable bonds is 6. The van der Waals surface area contributed by atoms with Crippen LogP contribution in [0.25, 0.3) is 0 Å². The Balaban J connectivity index is 2.14. The van der Waals surface area contributed by atoms with Crippen molar-refractivity contribution in [3.8, 4) is 5.75 Å². The predicted octanol–water partition coefficient (Wildman–Crippen LogP) is 4.36. The third-order valence-electron chi connectivity index (χ3n) is 3.27. The smallest absolute Gasteiger partial charge is 0.123 e. The Morgan fingerprint density at radius 1 is 1.33 bits per heavy atom. The van der Waals surface area contributed by atoms with Gasteiger partial charge in [0.15, 0.2) is 0 Å². The van der Waals surface area contributed by atoms with Crippen molar-refractivity contribution >= 4 is 27.5 Å². The molecular formula is C16H18BrClN2O. The molecule has 0 amide bonds. The molecule has 1 unspecified atom stereocenters. The van der Waals surface area contributed by atoms with Crippen LogP contribution in [0.2, 0.25) is 5.02 Å². The largest absolute Gasteiger partial charge is 0.489 e. The zero-order valence-electron chi connectivity index (χ0n) is 11.9. The minimum absolute atomic E-state index is 0.131. The normalized spacial score (nSPS) is 12.2. The van der Waals surface area contributed by atoms with Gasteiger partial charge in [0.2, 0.25) is 0 Å². The van der Waals surface area contributed by atoms with E-state index in [9.17, 15) is 0 Å². The molecular weight excluding hydrogens is 352 g/mol. The summed E-state index contributed by atoms with van der Waals surface area (Å²) in [5.74, 6) is 0.843. The van der Waals surface area contributed by atoms with Crippen molar-refractivity contribution in [2.75, 3.05) is 0 Å². The van der Waals surface area contributed by atoms with Gasteiger partial charge in [-0.05, 0) is 42.7 Å². The van der Waals surface area contributed by atoms with E-state index >= 15 is 0 Å². The molecule has 2 aromatic rings. The zero-order chi connectivity index (χ0) is 15.2. The van der Waals surface area contributed by atoms with Gasteiger partial charge < -0.3 is 10.5 Å². The molecule has 112 valence electrons. The molecule has 1 atom stereocenters. The van der Waals surface area contributed by atoms with Gasteiger partial charge in [0.25, 0.3) is 0 Å². The lowest BCUT2D eigenvalue weighted by atomic mass is 10.0. The summed E-state index contributed by atoms with van der Waals surface area (Å²) in [4.78, 5) is 3.97. The molecule has 0 aliphatic rings. The van der Waals surface area contributed by atoms with E-state index in [2.05, 4.69) is 33.9 Å². The number of ether oxygens (including phenoxy) is 1. The van der Waals surface area contributed by atoms with E-state index in [1.54, 1.807) is 12.4 Å². The third kappa shape index (κ3) is 4.70. The molecule has 1 aromatic heterocycles. The molecule has 0 bridgehead atoms. The highest BCUT2D eigenvalue weighted by Gasteiger charge is 2.10. The van der Waals surface area contributed by atoms with Crippen molar-refractivity contribution in [1.82, 2.24) is 4.98 Å². The summed E-state index contributed by atoms with van der Waals surface area (Å²) in [7, 11) is 0. The Bertz CT molecular complexity index is 607. The van der Waals surface area contributed by atoms with E-state index < -0.39 is 0 Å². The number of hydrogen-bond acceptors (Lipinski definition) is 3. The van der Waals surface area contributed by atoms with Crippen LogP contribution < -0.4 is 10.5 Å². The fourth-order valence-corrected chi connectivity index (χ4v) is 2.53. The fraction of sp³-hybridized carbons (Fsp3) is 0.312. The molecule has 0 aliphatic heterocycles. The topological polar surface area (TPSA) is 48.1 Å². The lowest BCUT2D eigenvalue weighted by Gasteiger charge is -2.15. The van der Waals surface area contributed by atoms with Crippen molar-refractivity contribution < 1.29 is 4.74 Å². The monoisotopic (exact) mass is 368 g/mol.